The van der Waals surface area contributed by atoms with Crippen LogP contribution in [0, 0.1) is 6.92 Å². The van der Waals surface area contributed by atoms with Crippen LogP contribution in [0.15, 0.2) is 24.3 Å². The number of fused-ring (bicyclic) bond motifs is 1. The van der Waals surface area contributed by atoms with Crippen molar-refractivity contribution in [1.82, 2.24) is 4.98 Å². The van der Waals surface area contributed by atoms with E-state index in [4.69, 9.17) is 0 Å². The molecule has 18 heavy (non-hydrogen) atoms. The summed E-state index contributed by atoms with van der Waals surface area (Å²) in [5, 5.41) is 10.8. The third-order valence-electron chi connectivity index (χ3n) is 3.33. The molecule has 96 valence electrons. The Kier molecular flexibility index (Phi) is 3.16. The van der Waals surface area contributed by atoms with Crippen LogP contribution >= 0.6 is 0 Å². The van der Waals surface area contributed by atoms with Crippen LogP contribution in [0.5, 0.6) is 0 Å². The van der Waals surface area contributed by atoms with E-state index in [1.54, 1.807) is 6.92 Å². The monoisotopic (exact) mass is 243 g/mol. The minimum atomic E-state index is -0.518. The molecule has 1 aromatic heterocycles. The lowest BCUT2D eigenvalue weighted by Crippen LogP contribution is -2.11. The quantitative estimate of drug-likeness (QED) is 0.824. The molecule has 2 aromatic rings. The van der Waals surface area contributed by atoms with E-state index >= 15 is 0 Å². The number of aryl methyl sites for hydroxylation is 1. The Labute approximate surface area is 109 Å². The zero-order valence-electron chi connectivity index (χ0n) is 11.8. The first-order valence-corrected chi connectivity index (χ1v) is 6.39. The van der Waals surface area contributed by atoms with Gasteiger partial charge in [0.2, 0.25) is 0 Å². The summed E-state index contributed by atoms with van der Waals surface area (Å²) in [6.45, 7) is 10.4. The van der Waals surface area contributed by atoms with Crippen molar-refractivity contribution in [3.05, 3.63) is 41.1 Å². The summed E-state index contributed by atoms with van der Waals surface area (Å²) in [5.74, 6) is 0. The molecule has 0 radical (unpaired) electrons. The molecule has 0 aliphatic heterocycles. The Bertz CT molecular complexity index is 579. The normalized spacial score (nSPS) is 13.9. The van der Waals surface area contributed by atoms with Gasteiger partial charge in [0, 0.05) is 5.39 Å². The molecule has 2 heteroatoms. The minimum absolute atomic E-state index is 0.142. The van der Waals surface area contributed by atoms with Gasteiger partial charge in [-0.15, -0.1) is 0 Å². The lowest BCUT2D eigenvalue weighted by molar-refractivity contribution is 0.194. The third-order valence-corrected chi connectivity index (χ3v) is 3.33. The number of aliphatic hydroxyl groups is 1. The molecule has 0 amide bonds. The standard InChI is InChI=1S/C16H21NO/c1-10-8-15(11(2)18)17-14-7-6-12(9-13(10)14)16(3,4)5/h6-9,11,18H,1-5H3. The predicted molar refractivity (Wildman–Crippen MR) is 75.8 cm³/mol. The molecule has 0 spiro atoms. The summed E-state index contributed by atoms with van der Waals surface area (Å²) in [6.07, 6.45) is -0.518. The number of benzene rings is 1. The van der Waals surface area contributed by atoms with Gasteiger partial charge in [0.05, 0.1) is 17.3 Å². The SMILES string of the molecule is Cc1cc(C(C)O)nc2ccc(C(C)(C)C)cc12. The third kappa shape index (κ3) is 2.39. The number of rotatable bonds is 1. The molecule has 1 atom stereocenters. The maximum Gasteiger partial charge on any atom is 0.0932 e. The highest BCUT2D eigenvalue weighted by Crippen LogP contribution is 2.28. The summed E-state index contributed by atoms with van der Waals surface area (Å²) >= 11 is 0. The lowest BCUT2D eigenvalue weighted by atomic mass is 9.86. The smallest absolute Gasteiger partial charge is 0.0932 e. The summed E-state index contributed by atoms with van der Waals surface area (Å²) in [4.78, 5) is 4.51. The van der Waals surface area contributed by atoms with Crippen molar-refractivity contribution < 1.29 is 5.11 Å². The van der Waals surface area contributed by atoms with Crippen LogP contribution in [0.25, 0.3) is 10.9 Å². The van der Waals surface area contributed by atoms with E-state index in [9.17, 15) is 5.11 Å². The van der Waals surface area contributed by atoms with Crippen molar-refractivity contribution in [3.8, 4) is 0 Å². The van der Waals surface area contributed by atoms with Crippen LogP contribution in [0.3, 0.4) is 0 Å². The van der Waals surface area contributed by atoms with E-state index in [-0.39, 0.29) is 5.41 Å². The fraction of sp³-hybridized carbons (Fsp3) is 0.438. The molecular formula is C16H21NO. The van der Waals surface area contributed by atoms with E-state index in [1.807, 2.05) is 6.07 Å². The van der Waals surface area contributed by atoms with E-state index < -0.39 is 6.10 Å². The van der Waals surface area contributed by atoms with Gasteiger partial charge in [0.15, 0.2) is 0 Å². The maximum atomic E-state index is 9.63. The number of pyridine rings is 1. The van der Waals surface area contributed by atoms with E-state index in [1.165, 1.54) is 16.5 Å². The first kappa shape index (κ1) is 13.0. The van der Waals surface area contributed by atoms with Gasteiger partial charge in [-0.3, -0.25) is 4.98 Å². The highest BCUT2D eigenvalue weighted by Gasteiger charge is 2.15. The second-order valence-electron chi connectivity index (χ2n) is 6.02. The highest BCUT2D eigenvalue weighted by atomic mass is 16.3. The van der Waals surface area contributed by atoms with Crippen LogP contribution in [0.1, 0.15) is 50.6 Å². The van der Waals surface area contributed by atoms with Crippen LogP contribution < -0.4 is 0 Å². The second kappa shape index (κ2) is 4.36. The topological polar surface area (TPSA) is 33.1 Å². The summed E-state index contributed by atoms with van der Waals surface area (Å²) in [6, 6.07) is 8.36. The molecule has 0 aliphatic carbocycles. The summed E-state index contributed by atoms with van der Waals surface area (Å²) in [5.41, 5.74) is 4.32. The molecule has 0 fully saturated rings. The number of nitrogens with zero attached hydrogens (tertiary/aromatic N) is 1. The Morgan fingerprint density at radius 1 is 1.17 bits per heavy atom. The van der Waals surface area contributed by atoms with Gasteiger partial charge < -0.3 is 5.11 Å². The molecule has 1 unspecified atom stereocenters. The van der Waals surface area contributed by atoms with Crippen LogP contribution in [-0.2, 0) is 5.41 Å². The molecule has 0 bridgehead atoms. The number of hydrogen-bond acceptors (Lipinski definition) is 2. The fourth-order valence-corrected chi connectivity index (χ4v) is 2.10. The minimum Gasteiger partial charge on any atom is -0.387 e. The fourth-order valence-electron chi connectivity index (χ4n) is 2.10. The molecule has 0 saturated heterocycles. The lowest BCUT2D eigenvalue weighted by Gasteiger charge is -2.20. The largest absolute Gasteiger partial charge is 0.387 e. The van der Waals surface area contributed by atoms with Gasteiger partial charge in [-0.2, -0.15) is 0 Å². The zero-order valence-corrected chi connectivity index (χ0v) is 11.8. The average Bonchev–Trinajstić information content (AvgIpc) is 2.27. The van der Waals surface area contributed by atoms with Gasteiger partial charge in [-0.25, -0.2) is 0 Å². The van der Waals surface area contributed by atoms with Crippen molar-refractivity contribution in [1.29, 1.82) is 0 Å². The first-order valence-electron chi connectivity index (χ1n) is 6.39. The molecule has 1 aromatic carbocycles. The highest BCUT2D eigenvalue weighted by molar-refractivity contribution is 5.83. The van der Waals surface area contributed by atoms with Gasteiger partial charge >= 0.3 is 0 Å². The molecular weight excluding hydrogens is 222 g/mol. The zero-order chi connectivity index (χ0) is 13.5. The molecule has 0 aliphatic rings. The van der Waals surface area contributed by atoms with Crippen molar-refractivity contribution >= 4 is 10.9 Å². The van der Waals surface area contributed by atoms with Gasteiger partial charge in [0.25, 0.3) is 0 Å². The molecule has 1 heterocycles. The van der Waals surface area contributed by atoms with Crippen molar-refractivity contribution in [2.45, 2.75) is 46.1 Å². The van der Waals surface area contributed by atoms with Crippen molar-refractivity contribution in [2.75, 3.05) is 0 Å². The van der Waals surface area contributed by atoms with Crippen molar-refractivity contribution in [3.63, 3.8) is 0 Å². The number of aromatic nitrogens is 1. The average molecular weight is 243 g/mol. The number of aliphatic hydroxyl groups excluding tert-OH is 1. The summed E-state index contributed by atoms with van der Waals surface area (Å²) in [7, 11) is 0. The first-order chi connectivity index (χ1) is 8.29. The van der Waals surface area contributed by atoms with Gasteiger partial charge in [-0.1, -0.05) is 26.8 Å². The Morgan fingerprint density at radius 2 is 1.83 bits per heavy atom. The van der Waals surface area contributed by atoms with Gasteiger partial charge in [-0.05, 0) is 48.6 Å². The van der Waals surface area contributed by atoms with E-state index in [0.717, 1.165) is 11.2 Å². The molecule has 2 nitrogen and oxygen atoms in total. The van der Waals surface area contributed by atoms with Crippen LogP contribution in [-0.4, -0.2) is 10.1 Å². The van der Waals surface area contributed by atoms with E-state index in [2.05, 4.69) is 50.9 Å². The van der Waals surface area contributed by atoms with Crippen LogP contribution in [0.2, 0.25) is 0 Å². The predicted octanol–water partition coefficient (Wildman–Crippen LogP) is 3.89. The van der Waals surface area contributed by atoms with E-state index in [0.29, 0.717) is 0 Å². The Morgan fingerprint density at radius 3 is 2.39 bits per heavy atom. The Hall–Kier alpha value is -1.41. The van der Waals surface area contributed by atoms with Crippen molar-refractivity contribution in [2.24, 2.45) is 0 Å². The van der Waals surface area contributed by atoms with Crippen LogP contribution in [0.4, 0.5) is 0 Å². The Balaban J connectivity index is 2.66. The van der Waals surface area contributed by atoms with Gasteiger partial charge in [0.1, 0.15) is 0 Å². The molecule has 2 rings (SSSR count). The maximum absolute atomic E-state index is 9.63. The number of hydrogen-bond donors (Lipinski definition) is 1. The summed E-state index contributed by atoms with van der Waals surface area (Å²) < 4.78 is 0. The molecule has 0 saturated carbocycles. The molecule has 1 N–H and O–H groups in total. The second-order valence-corrected chi connectivity index (χ2v) is 6.02.